The number of benzene rings is 3. The minimum atomic E-state index is -0.275. The third-order valence-electron chi connectivity index (χ3n) is 5.76. The molecule has 0 bridgehead atoms. The van der Waals surface area contributed by atoms with Gasteiger partial charge in [0.25, 0.3) is 11.5 Å². The monoisotopic (exact) mass is 484 g/mol. The number of hydrogen-bond acceptors (Lipinski definition) is 5. The number of rotatable bonds is 8. The van der Waals surface area contributed by atoms with Crippen molar-refractivity contribution < 1.29 is 9.59 Å². The summed E-state index contributed by atoms with van der Waals surface area (Å²) in [5, 5.41) is 6.86. The van der Waals surface area contributed by atoms with Crippen LogP contribution >= 0.6 is 11.8 Å². The molecule has 2 amide bonds. The van der Waals surface area contributed by atoms with Crippen molar-refractivity contribution in [2.24, 2.45) is 0 Å². The van der Waals surface area contributed by atoms with Gasteiger partial charge in [-0.05, 0) is 42.7 Å². The molecule has 8 heteroatoms. The maximum absolute atomic E-state index is 13.0. The standard InChI is InChI=1S/C27H24N4O3S/c32-24(17-35-27-30-23-13-7-5-11-21(23)26(34)31(27)19-14-15-19)29-22-12-6-4-10-20(22)25(33)28-16-18-8-2-1-3-9-18/h1-13,19H,14-17H2,(H,28,33)(H,29,32). The molecular formula is C27H24N4O3S. The zero-order valence-electron chi connectivity index (χ0n) is 18.9. The maximum Gasteiger partial charge on any atom is 0.262 e. The predicted molar refractivity (Wildman–Crippen MR) is 138 cm³/mol. The molecule has 5 rings (SSSR count). The summed E-state index contributed by atoms with van der Waals surface area (Å²) < 4.78 is 1.71. The Balaban J connectivity index is 1.28. The Labute approximate surface area is 206 Å². The van der Waals surface area contributed by atoms with E-state index in [2.05, 4.69) is 15.6 Å². The second-order valence-corrected chi connectivity index (χ2v) is 9.31. The first-order chi connectivity index (χ1) is 17.1. The fourth-order valence-electron chi connectivity index (χ4n) is 3.86. The van der Waals surface area contributed by atoms with Gasteiger partial charge in [0.2, 0.25) is 5.91 Å². The summed E-state index contributed by atoms with van der Waals surface area (Å²) in [5.41, 5.74) is 2.37. The summed E-state index contributed by atoms with van der Waals surface area (Å²) in [5.74, 6) is -0.475. The highest BCUT2D eigenvalue weighted by molar-refractivity contribution is 7.99. The van der Waals surface area contributed by atoms with Crippen LogP contribution in [-0.4, -0.2) is 27.1 Å². The van der Waals surface area contributed by atoms with Gasteiger partial charge in [0.05, 0.1) is 27.9 Å². The van der Waals surface area contributed by atoms with Crippen LogP contribution in [0.2, 0.25) is 0 Å². The summed E-state index contributed by atoms with van der Waals surface area (Å²) in [6.45, 7) is 0.393. The van der Waals surface area contributed by atoms with Crippen LogP contribution in [-0.2, 0) is 11.3 Å². The first-order valence-corrected chi connectivity index (χ1v) is 12.4. The van der Waals surface area contributed by atoms with Gasteiger partial charge in [0.15, 0.2) is 5.16 Å². The molecule has 4 aromatic rings. The third kappa shape index (κ3) is 5.27. The van der Waals surface area contributed by atoms with Crippen LogP contribution in [0, 0.1) is 0 Å². The van der Waals surface area contributed by atoms with Gasteiger partial charge >= 0.3 is 0 Å². The number of hydrogen-bond donors (Lipinski definition) is 2. The molecule has 176 valence electrons. The second-order valence-electron chi connectivity index (χ2n) is 8.37. The van der Waals surface area contributed by atoms with Crippen molar-refractivity contribution in [3.05, 3.63) is 100 Å². The summed E-state index contributed by atoms with van der Waals surface area (Å²) in [6.07, 6.45) is 1.87. The smallest absolute Gasteiger partial charge is 0.262 e. The molecule has 0 unspecified atom stereocenters. The highest BCUT2D eigenvalue weighted by atomic mass is 32.2. The summed E-state index contributed by atoms with van der Waals surface area (Å²) in [4.78, 5) is 43.3. The highest BCUT2D eigenvalue weighted by Crippen LogP contribution is 2.36. The Hall–Kier alpha value is -3.91. The Morgan fingerprint density at radius 2 is 1.66 bits per heavy atom. The van der Waals surface area contributed by atoms with E-state index >= 15 is 0 Å². The molecule has 1 aliphatic rings. The van der Waals surface area contributed by atoms with E-state index in [1.165, 1.54) is 11.8 Å². The number of fused-ring (bicyclic) bond motifs is 1. The number of carbonyl (C=O) groups excluding carboxylic acids is 2. The van der Waals surface area contributed by atoms with Crippen LogP contribution in [0.5, 0.6) is 0 Å². The van der Waals surface area contributed by atoms with Crippen LogP contribution < -0.4 is 16.2 Å². The number of thioether (sulfide) groups is 1. The van der Waals surface area contributed by atoms with Crippen molar-refractivity contribution in [2.45, 2.75) is 30.6 Å². The molecule has 0 aliphatic heterocycles. The van der Waals surface area contributed by atoms with E-state index in [9.17, 15) is 14.4 Å². The molecule has 1 heterocycles. The highest BCUT2D eigenvalue weighted by Gasteiger charge is 2.28. The summed E-state index contributed by atoms with van der Waals surface area (Å²) >= 11 is 1.23. The van der Waals surface area contributed by atoms with E-state index in [-0.39, 0.29) is 29.2 Å². The minimum absolute atomic E-state index is 0.0669. The van der Waals surface area contributed by atoms with Crippen molar-refractivity contribution >= 4 is 40.2 Å². The van der Waals surface area contributed by atoms with E-state index in [1.54, 1.807) is 34.9 Å². The van der Waals surface area contributed by atoms with Gasteiger partial charge in [0, 0.05) is 12.6 Å². The molecule has 3 aromatic carbocycles. The average molecular weight is 485 g/mol. The van der Waals surface area contributed by atoms with Gasteiger partial charge in [-0.2, -0.15) is 0 Å². The van der Waals surface area contributed by atoms with Crippen molar-refractivity contribution in [1.82, 2.24) is 14.9 Å². The Morgan fingerprint density at radius 1 is 0.943 bits per heavy atom. The Bertz CT molecular complexity index is 1450. The molecule has 0 radical (unpaired) electrons. The van der Waals surface area contributed by atoms with Crippen LogP contribution in [0.1, 0.15) is 34.8 Å². The minimum Gasteiger partial charge on any atom is -0.348 e. The Morgan fingerprint density at radius 3 is 2.46 bits per heavy atom. The molecule has 1 fully saturated rings. The maximum atomic E-state index is 13.0. The van der Waals surface area contributed by atoms with Gasteiger partial charge in [-0.3, -0.25) is 19.0 Å². The molecule has 7 nitrogen and oxygen atoms in total. The van der Waals surface area contributed by atoms with E-state index in [4.69, 9.17) is 0 Å². The number of carbonyl (C=O) groups is 2. The molecular weight excluding hydrogens is 460 g/mol. The number of nitrogens with one attached hydrogen (secondary N) is 2. The van der Waals surface area contributed by atoms with Gasteiger partial charge in [0.1, 0.15) is 0 Å². The quantitative estimate of drug-likeness (QED) is 0.286. The van der Waals surface area contributed by atoms with Gasteiger partial charge in [-0.25, -0.2) is 4.98 Å². The zero-order valence-corrected chi connectivity index (χ0v) is 19.8. The van der Waals surface area contributed by atoms with Crippen LogP contribution in [0.3, 0.4) is 0 Å². The van der Waals surface area contributed by atoms with E-state index < -0.39 is 0 Å². The average Bonchev–Trinajstić information content (AvgIpc) is 3.72. The number of aromatic nitrogens is 2. The zero-order chi connectivity index (χ0) is 24.2. The van der Waals surface area contributed by atoms with Crippen molar-refractivity contribution in [3.63, 3.8) is 0 Å². The molecule has 1 aromatic heterocycles. The fraction of sp³-hybridized carbons (Fsp3) is 0.185. The lowest BCUT2D eigenvalue weighted by molar-refractivity contribution is -0.113. The summed E-state index contributed by atoms with van der Waals surface area (Å²) in [6, 6.07) is 23.9. The molecule has 1 saturated carbocycles. The molecule has 0 saturated heterocycles. The van der Waals surface area contributed by atoms with E-state index in [0.717, 1.165) is 18.4 Å². The molecule has 1 aliphatic carbocycles. The van der Waals surface area contributed by atoms with Crippen molar-refractivity contribution in [2.75, 3.05) is 11.1 Å². The molecule has 35 heavy (non-hydrogen) atoms. The first kappa shape index (κ1) is 22.9. The lowest BCUT2D eigenvalue weighted by Crippen LogP contribution is -2.25. The number of amides is 2. The first-order valence-electron chi connectivity index (χ1n) is 11.5. The molecule has 0 spiro atoms. The van der Waals surface area contributed by atoms with Crippen molar-refractivity contribution in [3.8, 4) is 0 Å². The van der Waals surface area contributed by atoms with Gasteiger partial charge in [-0.15, -0.1) is 0 Å². The lowest BCUT2D eigenvalue weighted by atomic mass is 10.1. The number of para-hydroxylation sites is 2. The largest absolute Gasteiger partial charge is 0.348 e. The van der Waals surface area contributed by atoms with Gasteiger partial charge in [-0.1, -0.05) is 66.4 Å². The summed E-state index contributed by atoms with van der Waals surface area (Å²) in [7, 11) is 0. The molecule has 0 atom stereocenters. The van der Waals surface area contributed by atoms with Gasteiger partial charge < -0.3 is 10.6 Å². The predicted octanol–water partition coefficient (Wildman–Crippen LogP) is 4.39. The third-order valence-corrected chi connectivity index (χ3v) is 6.71. The van der Waals surface area contributed by atoms with E-state index in [1.807, 2.05) is 48.5 Å². The fourth-order valence-corrected chi connectivity index (χ4v) is 4.73. The van der Waals surface area contributed by atoms with Crippen LogP contribution in [0.15, 0.2) is 88.8 Å². The van der Waals surface area contributed by atoms with Crippen molar-refractivity contribution in [1.29, 1.82) is 0 Å². The van der Waals surface area contributed by atoms with Crippen LogP contribution in [0.25, 0.3) is 10.9 Å². The molecule has 2 N–H and O–H groups in total. The topological polar surface area (TPSA) is 93.1 Å². The second kappa shape index (κ2) is 10.1. The normalized spacial score (nSPS) is 12.9. The lowest BCUT2D eigenvalue weighted by Gasteiger charge is -2.13. The SMILES string of the molecule is O=C(CSc1nc2ccccc2c(=O)n1C1CC1)Nc1ccccc1C(=O)NCc1ccccc1. The number of nitrogens with zero attached hydrogens (tertiary/aromatic N) is 2. The number of anilines is 1. The Kier molecular flexibility index (Phi) is 6.63. The van der Waals surface area contributed by atoms with Crippen LogP contribution in [0.4, 0.5) is 5.69 Å². The van der Waals surface area contributed by atoms with E-state index in [0.29, 0.717) is 33.9 Å².